The van der Waals surface area contributed by atoms with E-state index in [1.807, 2.05) is 12.3 Å². The van der Waals surface area contributed by atoms with Crippen LogP contribution in [0.3, 0.4) is 0 Å². The van der Waals surface area contributed by atoms with Crippen molar-refractivity contribution in [3.8, 4) is 61.8 Å². The van der Waals surface area contributed by atoms with Crippen molar-refractivity contribution in [3.63, 3.8) is 0 Å². The van der Waals surface area contributed by atoms with E-state index in [1.165, 1.54) is 27.8 Å². The summed E-state index contributed by atoms with van der Waals surface area (Å²) in [5, 5.41) is 2.21. The predicted molar refractivity (Wildman–Crippen MR) is 312 cm³/mol. The van der Waals surface area contributed by atoms with Crippen LogP contribution in [-0.2, 0) is 26.5 Å². The van der Waals surface area contributed by atoms with Crippen LogP contribution in [0.1, 0.15) is 48.9 Å². The van der Waals surface area contributed by atoms with Gasteiger partial charge in [-0.2, -0.15) is 6.07 Å². The molecule has 0 saturated heterocycles. The second-order valence-corrected chi connectivity index (χ2v) is 20.8. The van der Waals surface area contributed by atoms with Crippen LogP contribution in [0.25, 0.3) is 72.1 Å². The van der Waals surface area contributed by atoms with Crippen molar-refractivity contribution in [2.45, 2.75) is 32.1 Å². The molecule has 0 saturated carbocycles. The second kappa shape index (κ2) is 19.4. The van der Waals surface area contributed by atoms with E-state index < -0.39 is 0 Å². The van der Waals surface area contributed by atoms with E-state index in [0.29, 0.717) is 11.5 Å². The number of anilines is 4. The van der Waals surface area contributed by atoms with Crippen LogP contribution in [0.2, 0.25) is 0 Å². The fourth-order valence-corrected chi connectivity index (χ4v) is 11.6. The number of aromatic nitrogens is 2. The summed E-state index contributed by atoms with van der Waals surface area (Å²) in [6.07, 6.45) is 1.91. The van der Waals surface area contributed by atoms with Gasteiger partial charge in [-0.3, -0.25) is 0 Å². The molecule has 5 nitrogen and oxygen atoms in total. The number of benzene rings is 10. The molecule has 0 radical (unpaired) electrons. The largest absolute Gasteiger partial charge is 0.509 e. The summed E-state index contributed by atoms with van der Waals surface area (Å²) in [6.45, 7) is 8.95. The normalized spacial score (nSPS) is 12.9. The fourth-order valence-electron chi connectivity index (χ4n) is 11.6. The smallest absolute Gasteiger partial charge is 0.135 e. The van der Waals surface area contributed by atoms with E-state index in [1.54, 1.807) is 0 Å². The Morgan fingerprint density at radius 2 is 1.05 bits per heavy atom. The minimum absolute atomic E-state index is 0. The molecule has 10 aromatic carbocycles. The van der Waals surface area contributed by atoms with E-state index in [2.05, 4.69) is 284 Å². The number of para-hydroxylation sites is 3. The molecule has 14 rings (SSSR count). The Morgan fingerprint density at radius 3 is 1.70 bits per heavy atom. The molecule has 0 unspecified atom stereocenters. The van der Waals surface area contributed by atoms with Crippen LogP contribution in [0.15, 0.2) is 243 Å². The average molecular weight is 1170 g/mol. The fraction of sp³-hybridized carbons (Fsp3) is 0.0704. The molecule has 12 aromatic rings. The van der Waals surface area contributed by atoms with Crippen LogP contribution in [-0.4, -0.2) is 9.55 Å². The van der Waals surface area contributed by atoms with Crippen molar-refractivity contribution in [1.29, 1.82) is 0 Å². The van der Waals surface area contributed by atoms with Gasteiger partial charge < -0.3 is 19.1 Å². The molecule has 2 aliphatic rings. The van der Waals surface area contributed by atoms with E-state index in [0.717, 1.165) is 89.3 Å². The van der Waals surface area contributed by atoms with Crippen LogP contribution >= 0.6 is 0 Å². The van der Waals surface area contributed by atoms with Gasteiger partial charge in [0.25, 0.3) is 0 Å². The molecular weight excluding hydrogens is 1120 g/mol. The SMILES string of the molecule is CC(C)(C)c1ccnc(-n2c3[c-]c(Oc4[c-]c(N5[CH-]N(c6c(-c7ccccc7)cc(-c7ccccc7)cc6-c6ccccc6)c6ccccc65)cc(C5c6ccccc6-c6ccccc65)c4)ccc3c3ccccc32)c1.[Pt]. The van der Waals surface area contributed by atoms with Gasteiger partial charge in [-0.05, 0) is 103 Å². The minimum atomic E-state index is -0.0565. The van der Waals surface area contributed by atoms with E-state index >= 15 is 0 Å². The number of rotatable bonds is 9. The monoisotopic (exact) mass is 1170 g/mol. The maximum absolute atomic E-state index is 7.14. The standard InChI is InChI=1S/C71H51N4O.Pt/c1-71(2,3)52-37-38-72-68(43-52)75-64-32-18-17-29-58(64)59-36-35-54(45-67(59)75)76-55-40-51(69-60-30-15-13-27-56(60)57-28-14-16-31-61(57)69)39-53(44-55)73-46-74(66-34-20-19-33-65(66)73)70-62(48-23-9-5-10-24-48)41-50(47-21-7-4-8-22-47)42-63(70)49-25-11-6-12-26-49;/h4-43,46,69H,1-3H3;/q-3;. The van der Waals surface area contributed by atoms with E-state index in [4.69, 9.17) is 9.72 Å². The summed E-state index contributed by atoms with van der Waals surface area (Å²) in [5.41, 5.74) is 20.1. The molecule has 6 heteroatoms. The molecule has 2 aromatic heterocycles. The topological polar surface area (TPSA) is 33.5 Å². The quantitative estimate of drug-likeness (QED) is 0.135. The Hall–Kier alpha value is -8.76. The van der Waals surface area contributed by atoms with Gasteiger partial charge >= 0.3 is 0 Å². The average Bonchev–Trinajstić information content (AvgIpc) is 4.14. The first-order valence-electron chi connectivity index (χ1n) is 26.0. The summed E-state index contributed by atoms with van der Waals surface area (Å²) < 4.78 is 9.35. The Labute approximate surface area is 464 Å². The third kappa shape index (κ3) is 8.43. The number of nitrogens with zero attached hydrogens (tertiary/aromatic N) is 4. The summed E-state index contributed by atoms with van der Waals surface area (Å²) >= 11 is 0. The number of ether oxygens (including phenoxy) is 1. The summed E-state index contributed by atoms with van der Waals surface area (Å²) in [7, 11) is 0. The van der Waals surface area contributed by atoms with Crippen molar-refractivity contribution >= 4 is 44.6 Å². The Morgan fingerprint density at radius 1 is 0.481 bits per heavy atom. The van der Waals surface area contributed by atoms with E-state index in [9.17, 15) is 0 Å². The van der Waals surface area contributed by atoms with Gasteiger partial charge in [-0.1, -0.05) is 196 Å². The first kappa shape index (κ1) is 47.9. The second-order valence-electron chi connectivity index (χ2n) is 20.8. The van der Waals surface area contributed by atoms with Gasteiger partial charge in [0.2, 0.25) is 0 Å². The van der Waals surface area contributed by atoms with Crippen LogP contribution < -0.4 is 14.5 Å². The van der Waals surface area contributed by atoms with Gasteiger partial charge in [0, 0.05) is 78.4 Å². The molecule has 374 valence electrons. The van der Waals surface area contributed by atoms with Gasteiger partial charge in [-0.15, -0.1) is 53.6 Å². The molecular formula is C71H51N4OPt-3. The predicted octanol–water partition coefficient (Wildman–Crippen LogP) is 18.4. The van der Waals surface area contributed by atoms with Crippen LogP contribution in [0.5, 0.6) is 11.5 Å². The Kier molecular flexibility index (Phi) is 12.1. The van der Waals surface area contributed by atoms with Crippen LogP contribution in [0, 0.1) is 18.8 Å². The maximum Gasteiger partial charge on any atom is 0.135 e. The minimum Gasteiger partial charge on any atom is -0.509 e. The zero-order valence-corrected chi connectivity index (χ0v) is 45.0. The number of fused-ring (bicyclic) bond motifs is 7. The number of pyridine rings is 1. The molecule has 0 spiro atoms. The molecule has 1 aliphatic heterocycles. The molecule has 0 fully saturated rings. The summed E-state index contributed by atoms with van der Waals surface area (Å²) in [5.74, 6) is 1.97. The zero-order chi connectivity index (χ0) is 50.9. The first-order chi connectivity index (χ1) is 37.3. The van der Waals surface area contributed by atoms with Crippen molar-refractivity contribution in [2.24, 2.45) is 0 Å². The van der Waals surface area contributed by atoms with Gasteiger partial charge in [0.05, 0.1) is 0 Å². The molecule has 1 aliphatic carbocycles. The van der Waals surface area contributed by atoms with Crippen molar-refractivity contribution in [1.82, 2.24) is 9.55 Å². The molecule has 0 bridgehead atoms. The first-order valence-corrected chi connectivity index (χ1v) is 26.0. The van der Waals surface area contributed by atoms with E-state index in [-0.39, 0.29) is 32.4 Å². The molecule has 0 N–H and O–H groups in total. The Balaban J connectivity index is 0.00000566. The number of hydrogen-bond acceptors (Lipinski definition) is 4. The summed E-state index contributed by atoms with van der Waals surface area (Å²) in [4.78, 5) is 9.61. The van der Waals surface area contributed by atoms with Crippen molar-refractivity contribution in [2.75, 3.05) is 9.80 Å². The molecule has 3 heterocycles. The molecule has 0 amide bonds. The Bertz CT molecular complexity index is 4080. The number of hydrogen-bond donors (Lipinski definition) is 0. The maximum atomic E-state index is 7.14. The van der Waals surface area contributed by atoms with Crippen molar-refractivity contribution in [3.05, 3.63) is 284 Å². The van der Waals surface area contributed by atoms with Gasteiger partial charge in [0.1, 0.15) is 5.82 Å². The van der Waals surface area contributed by atoms with Crippen molar-refractivity contribution < 1.29 is 25.8 Å². The third-order valence-electron chi connectivity index (χ3n) is 15.2. The van der Waals surface area contributed by atoms with Crippen LogP contribution in [0.4, 0.5) is 22.7 Å². The third-order valence-corrected chi connectivity index (χ3v) is 15.2. The van der Waals surface area contributed by atoms with Gasteiger partial charge in [0.15, 0.2) is 0 Å². The van der Waals surface area contributed by atoms with Gasteiger partial charge in [-0.25, -0.2) is 4.98 Å². The summed E-state index contributed by atoms with van der Waals surface area (Å²) in [6, 6.07) is 92.3. The zero-order valence-electron chi connectivity index (χ0n) is 42.8. The molecule has 77 heavy (non-hydrogen) atoms. The molecule has 0 atom stereocenters.